The van der Waals surface area contributed by atoms with E-state index in [1.807, 2.05) is 11.8 Å². The smallest absolute Gasteiger partial charge is 0.193 e. The molecule has 0 amide bonds. The van der Waals surface area contributed by atoms with Crippen LogP contribution < -0.4 is 0 Å². The Morgan fingerprint density at radius 1 is 1.27 bits per heavy atom. The summed E-state index contributed by atoms with van der Waals surface area (Å²) in [6.07, 6.45) is 6.84. The second-order valence-electron chi connectivity index (χ2n) is 3.93. The fourth-order valence-corrected chi connectivity index (χ4v) is 4.48. The molecule has 1 heterocycles. The first-order valence-electron chi connectivity index (χ1n) is 5.58. The molecule has 0 aromatic carbocycles. The van der Waals surface area contributed by atoms with Crippen LogP contribution in [0.4, 0.5) is 0 Å². The highest BCUT2D eigenvalue weighted by atomic mass is 127. The molecule has 1 aliphatic rings. The van der Waals surface area contributed by atoms with Crippen molar-refractivity contribution in [2.45, 2.75) is 46.8 Å². The van der Waals surface area contributed by atoms with E-state index in [2.05, 4.69) is 69.3 Å². The van der Waals surface area contributed by atoms with Crippen molar-refractivity contribution in [3.8, 4) is 0 Å². The van der Waals surface area contributed by atoms with Gasteiger partial charge in [-0.25, -0.2) is 0 Å². The molecule has 0 aromatic heterocycles. The summed E-state index contributed by atoms with van der Waals surface area (Å²) in [6.45, 7) is 5.70. The average Bonchev–Trinajstić information content (AvgIpc) is 2.43. The topological polar surface area (TPSA) is 3.24 Å². The minimum Gasteiger partial charge on any atom is -0.344 e. The van der Waals surface area contributed by atoms with Gasteiger partial charge < -0.3 is 4.90 Å². The molecule has 1 nitrogen and oxygen atoms in total. The number of unbranched alkanes of at least 4 members (excludes halogenated alkanes) is 4. The maximum atomic E-state index is 2.54. The summed E-state index contributed by atoms with van der Waals surface area (Å²) < 4.78 is 0.227. The summed E-state index contributed by atoms with van der Waals surface area (Å²) in [5.74, 6) is 0. The van der Waals surface area contributed by atoms with E-state index in [0.29, 0.717) is 0 Å². The SMILES string of the molecule is CCCCCCCN1C(C)=CSC1(I)I. The predicted octanol–water partition coefficient (Wildman–Crippen LogP) is 5.35. The van der Waals surface area contributed by atoms with Gasteiger partial charge in [-0.1, -0.05) is 44.4 Å². The fourth-order valence-electron chi connectivity index (χ4n) is 1.67. The number of alkyl halides is 2. The number of allylic oxidation sites excluding steroid dienone is 1. The van der Waals surface area contributed by atoms with Crippen LogP contribution in [-0.4, -0.2) is 12.3 Å². The van der Waals surface area contributed by atoms with Crippen molar-refractivity contribution in [2.24, 2.45) is 0 Å². The number of hydrogen-bond donors (Lipinski definition) is 0. The van der Waals surface area contributed by atoms with Gasteiger partial charge in [0.25, 0.3) is 0 Å². The normalized spacial score (nSPS) is 19.5. The van der Waals surface area contributed by atoms with E-state index in [0.717, 1.165) is 0 Å². The number of hydrogen-bond acceptors (Lipinski definition) is 2. The predicted molar refractivity (Wildman–Crippen MR) is 87.6 cm³/mol. The molecule has 0 aliphatic carbocycles. The lowest BCUT2D eigenvalue weighted by Crippen LogP contribution is -2.31. The van der Waals surface area contributed by atoms with Crippen LogP contribution in [-0.2, 0) is 0 Å². The molecule has 88 valence electrons. The van der Waals surface area contributed by atoms with Crippen LogP contribution in [0.5, 0.6) is 0 Å². The molecule has 1 aliphatic heterocycles. The van der Waals surface area contributed by atoms with Crippen molar-refractivity contribution in [1.82, 2.24) is 4.90 Å². The van der Waals surface area contributed by atoms with Crippen LogP contribution >= 0.6 is 56.9 Å². The summed E-state index contributed by atoms with van der Waals surface area (Å²) >= 11 is 6.99. The van der Waals surface area contributed by atoms with Gasteiger partial charge in [0.15, 0.2) is 0.884 Å². The Labute approximate surface area is 125 Å². The number of halogens is 2. The number of rotatable bonds is 6. The van der Waals surface area contributed by atoms with Crippen LogP contribution in [0.2, 0.25) is 0 Å². The van der Waals surface area contributed by atoms with Gasteiger partial charge in [-0.2, -0.15) is 0 Å². The number of thioether (sulfide) groups is 1. The van der Waals surface area contributed by atoms with E-state index in [1.54, 1.807) is 0 Å². The molecule has 0 saturated carbocycles. The van der Waals surface area contributed by atoms with Crippen molar-refractivity contribution in [1.29, 1.82) is 0 Å². The second-order valence-corrected chi connectivity index (χ2v) is 11.6. The molecule has 0 spiro atoms. The highest BCUT2D eigenvalue weighted by molar-refractivity contribution is 14.2. The first-order chi connectivity index (χ1) is 7.08. The van der Waals surface area contributed by atoms with Gasteiger partial charge in [0, 0.05) is 12.2 Å². The third-order valence-electron chi connectivity index (χ3n) is 2.60. The first kappa shape index (κ1) is 14.4. The second kappa shape index (κ2) is 6.93. The van der Waals surface area contributed by atoms with E-state index >= 15 is 0 Å². The maximum absolute atomic E-state index is 2.54. The van der Waals surface area contributed by atoms with E-state index in [-0.39, 0.29) is 0.884 Å². The summed E-state index contributed by atoms with van der Waals surface area (Å²) in [7, 11) is 0. The van der Waals surface area contributed by atoms with Crippen molar-refractivity contribution in [2.75, 3.05) is 6.54 Å². The van der Waals surface area contributed by atoms with Gasteiger partial charge in [0.2, 0.25) is 0 Å². The Hall–Kier alpha value is 1.35. The summed E-state index contributed by atoms with van der Waals surface area (Å²) in [5.41, 5.74) is 1.43. The molecule has 0 bridgehead atoms. The lowest BCUT2D eigenvalue weighted by atomic mass is 10.1. The van der Waals surface area contributed by atoms with Crippen LogP contribution in [0.1, 0.15) is 46.0 Å². The van der Waals surface area contributed by atoms with Gasteiger partial charge in [-0.05, 0) is 63.9 Å². The monoisotopic (exact) mass is 451 g/mol. The maximum Gasteiger partial charge on any atom is 0.193 e. The van der Waals surface area contributed by atoms with E-state index in [9.17, 15) is 0 Å². The lowest BCUT2D eigenvalue weighted by Gasteiger charge is -2.30. The molecule has 0 radical (unpaired) electrons. The molecule has 0 saturated heterocycles. The summed E-state index contributed by atoms with van der Waals surface area (Å²) in [4.78, 5) is 2.52. The van der Waals surface area contributed by atoms with Gasteiger partial charge in [0.1, 0.15) is 0 Å². The van der Waals surface area contributed by atoms with Crippen LogP contribution in [0.25, 0.3) is 0 Å². The third-order valence-corrected chi connectivity index (χ3v) is 6.25. The Morgan fingerprint density at radius 2 is 1.93 bits per heavy atom. The fraction of sp³-hybridized carbons (Fsp3) is 0.818. The molecule has 1 rings (SSSR count). The lowest BCUT2D eigenvalue weighted by molar-refractivity contribution is 0.375. The van der Waals surface area contributed by atoms with Gasteiger partial charge in [-0.3, -0.25) is 0 Å². The highest BCUT2D eigenvalue weighted by Crippen LogP contribution is 2.50. The summed E-state index contributed by atoms with van der Waals surface area (Å²) in [6, 6.07) is 0. The molecule has 0 atom stereocenters. The molecule has 0 unspecified atom stereocenters. The van der Waals surface area contributed by atoms with Gasteiger partial charge in [0.05, 0.1) is 0 Å². The van der Waals surface area contributed by atoms with E-state index < -0.39 is 0 Å². The Bertz CT molecular complexity index is 229. The molecule has 0 fully saturated rings. The van der Waals surface area contributed by atoms with E-state index in [1.165, 1.54) is 44.3 Å². The standard InChI is InChI=1S/C11H19I2NS/c1-3-4-5-6-7-8-14-10(2)9-15-11(14,12)13/h9H,3-8H2,1-2H3. The molecular formula is C11H19I2NS. The van der Waals surface area contributed by atoms with Gasteiger partial charge >= 0.3 is 0 Å². The molecule has 15 heavy (non-hydrogen) atoms. The molecule has 0 N–H and O–H groups in total. The third kappa shape index (κ3) is 4.61. The Balaban J connectivity index is 2.22. The minimum absolute atomic E-state index is 0.227. The van der Waals surface area contributed by atoms with E-state index in [4.69, 9.17) is 0 Å². The first-order valence-corrected chi connectivity index (χ1v) is 8.61. The van der Waals surface area contributed by atoms with Gasteiger partial charge in [-0.15, -0.1) is 0 Å². The van der Waals surface area contributed by atoms with Crippen molar-refractivity contribution in [3.05, 3.63) is 11.1 Å². The molecule has 0 aromatic rings. The zero-order valence-corrected chi connectivity index (χ0v) is 14.6. The zero-order chi connectivity index (χ0) is 11.3. The zero-order valence-electron chi connectivity index (χ0n) is 9.43. The highest BCUT2D eigenvalue weighted by Gasteiger charge is 2.35. The van der Waals surface area contributed by atoms with Crippen LogP contribution in [0.15, 0.2) is 11.1 Å². The quantitative estimate of drug-likeness (QED) is 0.232. The molecule has 4 heteroatoms. The summed E-state index contributed by atoms with van der Waals surface area (Å²) in [5, 5.41) is 2.28. The largest absolute Gasteiger partial charge is 0.344 e. The average molecular weight is 451 g/mol. The Morgan fingerprint density at radius 3 is 2.47 bits per heavy atom. The minimum atomic E-state index is 0.227. The van der Waals surface area contributed by atoms with Crippen molar-refractivity contribution in [3.63, 3.8) is 0 Å². The Kier molecular flexibility index (Phi) is 6.66. The van der Waals surface area contributed by atoms with Crippen molar-refractivity contribution < 1.29 is 0 Å². The van der Waals surface area contributed by atoms with Crippen LogP contribution in [0.3, 0.4) is 0 Å². The van der Waals surface area contributed by atoms with Crippen LogP contribution in [0, 0.1) is 0 Å². The van der Waals surface area contributed by atoms with Crippen molar-refractivity contribution >= 4 is 56.9 Å². The number of nitrogens with zero attached hydrogens (tertiary/aromatic N) is 1. The molecular weight excluding hydrogens is 432 g/mol.